The lowest BCUT2D eigenvalue weighted by Crippen LogP contribution is -2.57. The molecule has 12 heteroatoms. The van der Waals surface area contributed by atoms with Crippen LogP contribution >= 0.6 is 22.9 Å². The van der Waals surface area contributed by atoms with E-state index in [1.54, 1.807) is 11.6 Å². The summed E-state index contributed by atoms with van der Waals surface area (Å²) in [7, 11) is 0. The molecule has 4 aromatic rings. The van der Waals surface area contributed by atoms with E-state index in [1.165, 1.54) is 29.5 Å². The molecule has 3 aromatic carbocycles. The summed E-state index contributed by atoms with van der Waals surface area (Å²) in [4.78, 5) is 58.9. The summed E-state index contributed by atoms with van der Waals surface area (Å²) in [6.07, 6.45) is 0.244. The summed E-state index contributed by atoms with van der Waals surface area (Å²) in [6, 6.07) is 16.0. The Bertz CT molecular complexity index is 1780. The van der Waals surface area contributed by atoms with Gasteiger partial charge in [-0.3, -0.25) is 34.7 Å². The molecular formula is C30H25ClN4O6S. The Morgan fingerprint density at radius 1 is 1.14 bits per heavy atom. The number of aryl methyl sites for hydroxylation is 1. The van der Waals surface area contributed by atoms with Crippen LogP contribution in [0.4, 0.5) is 5.69 Å². The lowest BCUT2D eigenvalue weighted by Gasteiger charge is -2.31. The molecule has 0 spiro atoms. The predicted octanol–water partition coefficient (Wildman–Crippen LogP) is 4.72. The van der Waals surface area contributed by atoms with Crippen molar-refractivity contribution in [3.63, 3.8) is 0 Å². The van der Waals surface area contributed by atoms with Crippen molar-refractivity contribution in [2.24, 2.45) is 11.8 Å². The standard InChI is InChI=1S/C30H25ClN4O6S/c1-16-23(42-15-32-16)10-11-34-27(36)24-25(28(34)37)30(29(38)39,14-17-6-7-18-4-2-3-5-19(18)12-17)33-26(24)21-13-20(31)8-9-22(21)35(40)41/h2-9,12-13,15,24-26,33H,10-11,14H2,1H3,(H,38,39). The number of imide groups is 1. The van der Waals surface area contributed by atoms with Crippen molar-refractivity contribution in [1.29, 1.82) is 0 Å². The number of amides is 2. The molecule has 2 aliphatic rings. The first-order chi connectivity index (χ1) is 20.1. The SMILES string of the molecule is Cc1ncsc1CCN1C(=O)C2C(c3cc(Cl)ccc3[N+](=O)[O-])NC(Cc3ccc4ccccc4c3)(C(=O)O)C2C1=O. The molecule has 2 N–H and O–H groups in total. The van der Waals surface area contributed by atoms with Crippen molar-refractivity contribution < 1.29 is 24.4 Å². The number of nitro benzene ring substituents is 1. The zero-order chi connectivity index (χ0) is 29.8. The number of likely N-dealkylation sites (tertiary alicyclic amines) is 1. The maximum atomic E-state index is 14.1. The van der Waals surface area contributed by atoms with Gasteiger partial charge < -0.3 is 5.11 Å². The molecule has 214 valence electrons. The van der Waals surface area contributed by atoms with E-state index in [0.717, 1.165) is 26.2 Å². The number of carboxylic acids is 1. The molecule has 6 rings (SSSR count). The molecule has 2 amide bonds. The quantitative estimate of drug-likeness (QED) is 0.167. The third kappa shape index (κ3) is 4.54. The normalized spacial score (nSPS) is 23.5. The van der Waals surface area contributed by atoms with E-state index in [1.807, 2.05) is 43.3 Å². The van der Waals surface area contributed by atoms with E-state index in [4.69, 9.17) is 11.6 Å². The van der Waals surface area contributed by atoms with Gasteiger partial charge in [0, 0.05) is 40.9 Å². The third-order valence-corrected chi connectivity index (χ3v) is 9.58. The number of fused-ring (bicyclic) bond motifs is 2. The van der Waals surface area contributed by atoms with Gasteiger partial charge >= 0.3 is 5.97 Å². The number of carbonyl (C=O) groups excluding carboxylic acids is 2. The molecule has 4 atom stereocenters. The lowest BCUT2D eigenvalue weighted by molar-refractivity contribution is -0.385. The zero-order valence-corrected chi connectivity index (χ0v) is 23.9. The summed E-state index contributed by atoms with van der Waals surface area (Å²) in [5.74, 6) is -5.00. The second kappa shape index (κ2) is 10.6. The van der Waals surface area contributed by atoms with Crippen molar-refractivity contribution in [3.05, 3.63) is 103 Å². The van der Waals surface area contributed by atoms with Gasteiger partial charge in [-0.25, -0.2) is 4.98 Å². The van der Waals surface area contributed by atoms with Crippen LogP contribution in [0.5, 0.6) is 0 Å². The minimum absolute atomic E-state index is 0.0454. The fourth-order valence-electron chi connectivity index (χ4n) is 6.38. The van der Waals surface area contributed by atoms with Crippen LogP contribution < -0.4 is 5.32 Å². The van der Waals surface area contributed by atoms with Gasteiger partial charge in [0.15, 0.2) is 0 Å². The Morgan fingerprint density at radius 3 is 2.60 bits per heavy atom. The molecular weight excluding hydrogens is 580 g/mol. The van der Waals surface area contributed by atoms with Gasteiger partial charge in [0.05, 0.1) is 34.0 Å². The summed E-state index contributed by atoms with van der Waals surface area (Å²) in [5.41, 5.74) is 0.944. The van der Waals surface area contributed by atoms with Gasteiger partial charge in [0.2, 0.25) is 11.8 Å². The maximum absolute atomic E-state index is 14.1. The number of halogens is 1. The highest BCUT2D eigenvalue weighted by Gasteiger charge is 2.68. The molecule has 42 heavy (non-hydrogen) atoms. The van der Waals surface area contributed by atoms with Gasteiger partial charge in [-0.2, -0.15) is 0 Å². The predicted molar refractivity (Wildman–Crippen MR) is 156 cm³/mol. The van der Waals surface area contributed by atoms with Gasteiger partial charge in [0.1, 0.15) is 5.54 Å². The number of thiazole rings is 1. The van der Waals surface area contributed by atoms with Crippen LogP contribution in [0.1, 0.15) is 27.7 Å². The molecule has 1 aromatic heterocycles. The van der Waals surface area contributed by atoms with Crippen LogP contribution in [0.2, 0.25) is 5.02 Å². The monoisotopic (exact) mass is 604 g/mol. The second-order valence-electron chi connectivity index (χ2n) is 10.7. The van der Waals surface area contributed by atoms with Gasteiger partial charge in [-0.05, 0) is 35.4 Å². The molecule has 2 saturated heterocycles. The van der Waals surface area contributed by atoms with Gasteiger partial charge in [-0.1, -0.05) is 54.1 Å². The molecule has 0 aliphatic carbocycles. The number of rotatable bonds is 8. The number of carboxylic acid groups (broad SMARTS) is 1. The van der Waals surface area contributed by atoms with Crippen molar-refractivity contribution >= 4 is 57.2 Å². The Hall–Kier alpha value is -4.19. The van der Waals surface area contributed by atoms with Crippen LogP contribution in [-0.2, 0) is 27.2 Å². The topological polar surface area (TPSA) is 143 Å². The van der Waals surface area contributed by atoms with Crippen LogP contribution in [0.25, 0.3) is 10.8 Å². The number of nitrogens with zero attached hydrogens (tertiary/aromatic N) is 3. The van der Waals surface area contributed by atoms with E-state index in [2.05, 4.69) is 10.3 Å². The first-order valence-corrected chi connectivity index (χ1v) is 14.5. The van der Waals surface area contributed by atoms with Gasteiger partial charge in [0.25, 0.3) is 5.69 Å². The number of aliphatic carboxylic acids is 1. The molecule has 10 nitrogen and oxygen atoms in total. The average molecular weight is 605 g/mol. The van der Waals surface area contributed by atoms with E-state index in [0.29, 0.717) is 12.0 Å². The van der Waals surface area contributed by atoms with Gasteiger partial charge in [-0.15, -0.1) is 11.3 Å². The summed E-state index contributed by atoms with van der Waals surface area (Å²) in [6.45, 7) is 1.88. The van der Waals surface area contributed by atoms with E-state index in [9.17, 15) is 29.6 Å². The fourth-order valence-corrected chi connectivity index (χ4v) is 7.33. The van der Waals surface area contributed by atoms with Crippen molar-refractivity contribution in [2.45, 2.75) is 31.3 Å². The van der Waals surface area contributed by atoms with Crippen LogP contribution in [0.3, 0.4) is 0 Å². The molecule has 4 unspecified atom stereocenters. The van der Waals surface area contributed by atoms with Crippen LogP contribution in [-0.4, -0.2) is 49.8 Å². The van der Waals surface area contributed by atoms with E-state index in [-0.39, 0.29) is 29.2 Å². The molecule has 0 radical (unpaired) electrons. The molecule has 2 aliphatic heterocycles. The summed E-state index contributed by atoms with van der Waals surface area (Å²) < 4.78 is 0. The smallest absolute Gasteiger partial charge is 0.325 e. The first kappa shape index (κ1) is 28.0. The number of carbonyl (C=O) groups is 3. The van der Waals surface area contributed by atoms with Crippen LogP contribution in [0.15, 0.2) is 66.2 Å². The lowest BCUT2D eigenvalue weighted by atomic mass is 9.76. The highest BCUT2D eigenvalue weighted by atomic mass is 35.5. The zero-order valence-electron chi connectivity index (χ0n) is 22.3. The first-order valence-electron chi connectivity index (χ1n) is 13.3. The number of hydrogen-bond donors (Lipinski definition) is 2. The van der Waals surface area contributed by atoms with Crippen molar-refractivity contribution in [1.82, 2.24) is 15.2 Å². The maximum Gasteiger partial charge on any atom is 0.325 e. The third-order valence-electron chi connectivity index (χ3n) is 8.35. The number of nitrogens with one attached hydrogen (secondary N) is 1. The summed E-state index contributed by atoms with van der Waals surface area (Å²) in [5, 5.41) is 27.9. The van der Waals surface area contributed by atoms with Crippen molar-refractivity contribution in [2.75, 3.05) is 6.54 Å². The highest BCUT2D eigenvalue weighted by molar-refractivity contribution is 7.09. The molecule has 0 saturated carbocycles. The molecule has 0 bridgehead atoms. The van der Waals surface area contributed by atoms with Crippen molar-refractivity contribution in [3.8, 4) is 0 Å². The Morgan fingerprint density at radius 2 is 1.90 bits per heavy atom. The fraction of sp³-hybridized carbons (Fsp3) is 0.267. The Labute approximate surface area is 249 Å². The number of hydrogen-bond acceptors (Lipinski definition) is 8. The summed E-state index contributed by atoms with van der Waals surface area (Å²) >= 11 is 7.66. The largest absolute Gasteiger partial charge is 0.480 e. The Kier molecular flexibility index (Phi) is 7.04. The minimum atomic E-state index is -1.92. The second-order valence-corrected chi connectivity index (χ2v) is 12.0. The molecule has 3 heterocycles. The van der Waals surface area contributed by atoms with E-state index >= 15 is 0 Å². The highest BCUT2D eigenvalue weighted by Crippen LogP contribution is 2.51. The number of nitro groups is 1. The number of benzene rings is 3. The molecule has 2 fully saturated rings. The minimum Gasteiger partial charge on any atom is -0.480 e. The number of aromatic nitrogens is 1. The van der Waals surface area contributed by atoms with Crippen LogP contribution in [0, 0.1) is 28.9 Å². The van der Waals surface area contributed by atoms with E-state index < -0.39 is 46.1 Å². The average Bonchev–Trinajstić information content (AvgIpc) is 3.60. The Balaban J connectivity index is 1.46.